The van der Waals surface area contributed by atoms with E-state index in [0.29, 0.717) is 29.4 Å². The van der Waals surface area contributed by atoms with Crippen molar-refractivity contribution in [3.05, 3.63) is 81.6 Å². The standard InChI is InChI=1S/C31H31Cl2F2N3O7S2/c1-37(2)28(39)20-4-3-5-21(12-20)47(41,42)38-10-11-46-29(38)30(40)44-26(14-22-23(32)15-36-16-24(22)33)19-8-9-25(45-31(34)35)27(13-19)43-17-18-6-7-18/h3-5,8-9,12-13,15-16,18,26,29,31H,6-7,10-11,14,17H2,1-2H3/t26?,29-/m0/s1. The van der Waals surface area contributed by atoms with Crippen molar-refractivity contribution in [3.63, 3.8) is 0 Å². The number of halogens is 4. The van der Waals surface area contributed by atoms with Crippen LogP contribution >= 0.6 is 35.0 Å². The first kappa shape index (κ1) is 35.1. The SMILES string of the molecule is CN(C)C(=O)c1cccc(S(=O)(=O)N2CCS[C@H]2C(=O)OC(Cc2c(Cl)cncc2Cl)c2ccc(OC(F)F)c(OCC3CC3)c2)c1. The highest BCUT2D eigenvalue weighted by Gasteiger charge is 2.42. The van der Waals surface area contributed by atoms with E-state index in [9.17, 15) is 26.8 Å². The van der Waals surface area contributed by atoms with Crippen molar-refractivity contribution in [1.82, 2.24) is 14.2 Å². The van der Waals surface area contributed by atoms with Gasteiger partial charge in [-0.1, -0.05) is 35.3 Å². The maximum Gasteiger partial charge on any atom is 0.387 e. The number of ether oxygens (including phenoxy) is 3. The third-order valence-corrected chi connectivity index (χ3v) is 11.3. The first-order valence-corrected chi connectivity index (χ1v) is 17.7. The van der Waals surface area contributed by atoms with Crippen LogP contribution in [0.3, 0.4) is 0 Å². The molecular weight excluding hydrogens is 699 g/mol. The largest absolute Gasteiger partial charge is 0.489 e. The van der Waals surface area contributed by atoms with Gasteiger partial charge in [0.1, 0.15) is 6.10 Å². The fraction of sp³-hybridized carbons (Fsp3) is 0.387. The summed E-state index contributed by atoms with van der Waals surface area (Å²) in [6.45, 7) is -2.78. The van der Waals surface area contributed by atoms with E-state index in [4.69, 9.17) is 32.7 Å². The van der Waals surface area contributed by atoms with E-state index in [2.05, 4.69) is 9.72 Å². The number of alkyl halides is 2. The van der Waals surface area contributed by atoms with Gasteiger partial charge in [0, 0.05) is 50.8 Å². The first-order chi connectivity index (χ1) is 22.3. The summed E-state index contributed by atoms with van der Waals surface area (Å²) >= 11 is 13.9. The third-order valence-electron chi connectivity index (χ3n) is 7.47. The lowest BCUT2D eigenvalue weighted by Crippen LogP contribution is -2.40. The Kier molecular flexibility index (Phi) is 11.2. The average Bonchev–Trinajstić information content (AvgIpc) is 3.72. The molecule has 2 atom stereocenters. The lowest BCUT2D eigenvalue weighted by Gasteiger charge is -2.26. The molecule has 2 heterocycles. The summed E-state index contributed by atoms with van der Waals surface area (Å²) < 4.78 is 71.5. The summed E-state index contributed by atoms with van der Waals surface area (Å²) in [7, 11) is -1.13. The zero-order chi connectivity index (χ0) is 33.9. The van der Waals surface area contributed by atoms with Gasteiger partial charge in [-0.3, -0.25) is 9.78 Å². The van der Waals surface area contributed by atoms with Gasteiger partial charge in [-0.2, -0.15) is 13.1 Å². The fourth-order valence-corrected chi connectivity index (χ4v) is 8.45. The van der Waals surface area contributed by atoms with Crippen molar-refractivity contribution in [2.75, 3.05) is 33.0 Å². The molecule has 1 saturated heterocycles. The summed E-state index contributed by atoms with van der Waals surface area (Å²) in [5, 5.41) is -0.855. The monoisotopic (exact) mass is 729 g/mol. The van der Waals surface area contributed by atoms with Crippen LogP contribution in [0.25, 0.3) is 0 Å². The quantitative estimate of drug-likeness (QED) is 0.193. The molecule has 1 amide bonds. The molecule has 1 aliphatic heterocycles. The smallest absolute Gasteiger partial charge is 0.387 e. The number of amides is 1. The summed E-state index contributed by atoms with van der Waals surface area (Å²) in [5.41, 5.74) is 0.926. The molecule has 252 valence electrons. The van der Waals surface area contributed by atoms with Crippen LogP contribution in [0.4, 0.5) is 8.78 Å². The predicted molar refractivity (Wildman–Crippen MR) is 173 cm³/mol. The van der Waals surface area contributed by atoms with E-state index >= 15 is 0 Å². The number of esters is 1. The Morgan fingerprint density at radius 1 is 1.09 bits per heavy atom. The highest BCUT2D eigenvalue weighted by atomic mass is 35.5. The van der Waals surface area contributed by atoms with E-state index in [1.54, 1.807) is 14.1 Å². The summed E-state index contributed by atoms with van der Waals surface area (Å²) in [5.74, 6) is -0.787. The van der Waals surface area contributed by atoms with Gasteiger partial charge in [0.2, 0.25) is 10.0 Å². The van der Waals surface area contributed by atoms with Crippen LogP contribution in [0.5, 0.6) is 11.5 Å². The van der Waals surface area contributed by atoms with Crippen LogP contribution in [-0.4, -0.2) is 79.5 Å². The fourth-order valence-electron chi connectivity index (χ4n) is 4.84. The second-order valence-corrected chi connectivity index (χ2v) is 15.0. The molecule has 16 heteroatoms. The predicted octanol–water partition coefficient (Wildman–Crippen LogP) is 6.07. The molecule has 1 aromatic heterocycles. The zero-order valence-corrected chi connectivity index (χ0v) is 28.4. The van der Waals surface area contributed by atoms with Crippen LogP contribution in [0, 0.1) is 5.92 Å². The number of carbonyl (C=O) groups excluding carboxylic acids is 2. The van der Waals surface area contributed by atoms with Crippen LogP contribution in [0.1, 0.15) is 40.4 Å². The van der Waals surface area contributed by atoms with Crippen LogP contribution in [-0.2, 0) is 26.0 Å². The van der Waals surface area contributed by atoms with E-state index in [1.165, 1.54) is 59.8 Å². The number of rotatable bonds is 13. The normalized spacial score (nSPS) is 17.4. The number of thioether (sulfide) groups is 1. The number of hydrogen-bond donors (Lipinski definition) is 0. The summed E-state index contributed by atoms with van der Waals surface area (Å²) in [6.07, 6.45) is 3.51. The maximum atomic E-state index is 13.8. The minimum Gasteiger partial charge on any atom is -0.489 e. The highest BCUT2D eigenvalue weighted by molar-refractivity contribution is 8.02. The lowest BCUT2D eigenvalue weighted by atomic mass is 10.0. The van der Waals surface area contributed by atoms with Crippen molar-refractivity contribution in [2.45, 2.75) is 42.2 Å². The Hall–Kier alpha value is -3.17. The Morgan fingerprint density at radius 3 is 2.47 bits per heavy atom. The van der Waals surface area contributed by atoms with E-state index < -0.39 is 34.1 Å². The van der Waals surface area contributed by atoms with Crippen LogP contribution < -0.4 is 9.47 Å². The molecule has 10 nitrogen and oxygen atoms in total. The molecule has 3 aromatic rings. The van der Waals surface area contributed by atoms with Crippen LogP contribution in [0.2, 0.25) is 10.0 Å². The van der Waals surface area contributed by atoms with Gasteiger partial charge in [0.25, 0.3) is 5.91 Å². The molecular formula is C31H31Cl2F2N3O7S2. The molecule has 2 aromatic carbocycles. The van der Waals surface area contributed by atoms with E-state index in [0.717, 1.165) is 28.9 Å². The number of hydrogen-bond acceptors (Lipinski definition) is 9. The maximum absolute atomic E-state index is 13.8. The van der Waals surface area contributed by atoms with Gasteiger partial charge in [-0.15, -0.1) is 11.8 Å². The van der Waals surface area contributed by atoms with E-state index in [-0.39, 0.29) is 50.9 Å². The molecule has 0 N–H and O–H groups in total. The van der Waals surface area contributed by atoms with Gasteiger partial charge in [0.05, 0.1) is 21.5 Å². The summed E-state index contributed by atoms with van der Waals surface area (Å²) in [6, 6.07) is 9.79. The molecule has 0 spiro atoms. The molecule has 5 rings (SSSR count). The Balaban J connectivity index is 1.46. The highest BCUT2D eigenvalue weighted by Crippen LogP contribution is 2.39. The molecule has 1 aliphatic carbocycles. The van der Waals surface area contributed by atoms with Gasteiger partial charge < -0.3 is 19.1 Å². The minimum absolute atomic E-state index is 0.0180. The molecule has 1 saturated carbocycles. The molecule has 47 heavy (non-hydrogen) atoms. The molecule has 2 aliphatic rings. The van der Waals surface area contributed by atoms with Gasteiger partial charge in [0.15, 0.2) is 16.9 Å². The van der Waals surface area contributed by atoms with Gasteiger partial charge in [-0.05, 0) is 60.2 Å². The Bertz CT molecular complexity index is 1730. The first-order valence-electron chi connectivity index (χ1n) is 14.5. The molecule has 0 bridgehead atoms. The number of benzene rings is 2. The third kappa shape index (κ3) is 8.47. The second kappa shape index (κ2) is 14.9. The van der Waals surface area contributed by atoms with Crippen molar-refractivity contribution in [2.24, 2.45) is 5.92 Å². The second-order valence-electron chi connectivity index (χ2n) is 11.1. The number of sulfonamides is 1. The Labute approximate surface area is 285 Å². The lowest BCUT2D eigenvalue weighted by molar-refractivity contribution is -0.150. The van der Waals surface area contributed by atoms with Gasteiger partial charge in [-0.25, -0.2) is 13.2 Å². The zero-order valence-electron chi connectivity index (χ0n) is 25.3. The number of pyridine rings is 1. The topological polar surface area (TPSA) is 115 Å². The number of aromatic nitrogens is 1. The van der Waals surface area contributed by atoms with Crippen molar-refractivity contribution < 1.29 is 41.0 Å². The van der Waals surface area contributed by atoms with E-state index in [1.807, 2.05) is 0 Å². The number of carbonyl (C=O) groups is 2. The van der Waals surface area contributed by atoms with Gasteiger partial charge >= 0.3 is 12.6 Å². The molecule has 0 radical (unpaired) electrons. The summed E-state index contributed by atoms with van der Waals surface area (Å²) in [4.78, 5) is 31.5. The van der Waals surface area contributed by atoms with Crippen molar-refractivity contribution in [1.29, 1.82) is 0 Å². The minimum atomic E-state index is -4.24. The Morgan fingerprint density at radius 2 is 1.81 bits per heavy atom. The number of nitrogens with zero attached hydrogens (tertiary/aromatic N) is 3. The van der Waals surface area contributed by atoms with Crippen molar-refractivity contribution in [3.8, 4) is 11.5 Å². The average molecular weight is 731 g/mol. The molecule has 2 fully saturated rings. The van der Waals surface area contributed by atoms with Crippen molar-refractivity contribution >= 4 is 56.9 Å². The van der Waals surface area contributed by atoms with Crippen LogP contribution in [0.15, 0.2) is 59.8 Å². The molecule has 1 unspecified atom stereocenters.